The molecule has 0 saturated carbocycles. The fourth-order valence-electron chi connectivity index (χ4n) is 3.34. The van der Waals surface area contributed by atoms with Crippen LogP contribution in [-0.2, 0) is 0 Å². The average Bonchev–Trinajstić information content (AvgIpc) is 2.94. The van der Waals surface area contributed by atoms with Gasteiger partial charge in [-0.3, -0.25) is 4.98 Å². The monoisotopic (exact) mass is 288 g/mol. The summed E-state index contributed by atoms with van der Waals surface area (Å²) in [6, 6.07) is 24.5. The van der Waals surface area contributed by atoms with Crippen LogP contribution in [0.15, 0.2) is 60.7 Å². The van der Waals surface area contributed by atoms with E-state index in [-0.39, 0.29) is 18.9 Å². The molecule has 5 rings (SSSR count). The van der Waals surface area contributed by atoms with Crippen LogP contribution in [0.4, 0.5) is 0 Å². The molecule has 0 N–H and O–H groups in total. The van der Waals surface area contributed by atoms with Gasteiger partial charge in [-0.1, -0.05) is 29.7 Å². The minimum atomic E-state index is 0. The molecule has 0 aliphatic rings. The second-order valence-corrected chi connectivity index (χ2v) is 5.74. The summed E-state index contributed by atoms with van der Waals surface area (Å²) in [4.78, 5) is 4.87. The van der Waals surface area contributed by atoms with Crippen molar-refractivity contribution in [2.45, 2.75) is 6.92 Å². The van der Waals surface area contributed by atoms with Crippen molar-refractivity contribution in [3.8, 4) is 0 Å². The first-order chi connectivity index (χ1) is 10.8. The molecular formula is C20H13LiN2. The maximum absolute atomic E-state index is 4.87. The molecule has 0 aliphatic carbocycles. The number of fused-ring (bicyclic) bond motifs is 8. The van der Waals surface area contributed by atoms with Gasteiger partial charge in [-0.2, -0.15) is 0 Å². The molecule has 23 heavy (non-hydrogen) atoms. The van der Waals surface area contributed by atoms with Gasteiger partial charge >= 0.3 is 18.9 Å². The Kier molecular flexibility index (Phi) is 3.20. The van der Waals surface area contributed by atoms with E-state index in [2.05, 4.69) is 65.9 Å². The summed E-state index contributed by atoms with van der Waals surface area (Å²) in [7, 11) is 0. The molecule has 0 spiro atoms. The normalized spacial score (nSPS) is 11.3. The topological polar surface area (TPSA) is 17.3 Å². The molecule has 0 atom stereocenters. The first-order valence-electron chi connectivity index (χ1n) is 7.43. The molecule has 104 valence electrons. The van der Waals surface area contributed by atoms with Crippen LogP contribution >= 0.6 is 0 Å². The fourth-order valence-corrected chi connectivity index (χ4v) is 3.34. The maximum Gasteiger partial charge on any atom is 1.00 e. The summed E-state index contributed by atoms with van der Waals surface area (Å²) in [5, 5.41) is 3.52. The fraction of sp³-hybridized carbons (Fsp3) is 0.0500. The van der Waals surface area contributed by atoms with Crippen molar-refractivity contribution in [3.05, 3.63) is 72.3 Å². The minimum Gasteiger partial charge on any atom is -0.333 e. The second kappa shape index (κ2) is 5.13. The summed E-state index contributed by atoms with van der Waals surface area (Å²) in [6.45, 7) is 2.12. The molecule has 5 aromatic rings. The molecule has 0 radical (unpaired) electrons. The van der Waals surface area contributed by atoms with Crippen molar-refractivity contribution >= 4 is 38.4 Å². The van der Waals surface area contributed by atoms with Crippen molar-refractivity contribution in [2.75, 3.05) is 0 Å². The standard InChI is InChI=1S/C20H13N2.Li/c1-13-10-11-17-19(12-13)22-18-9-5-4-7-15(18)14-6-2-3-8-16(14)20(22)21-17;/h2-7,9-12H,1H3;/q-1;+1. The summed E-state index contributed by atoms with van der Waals surface area (Å²) in [5.74, 6) is 0. The van der Waals surface area contributed by atoms with Crippen molar-refractivity contribution < 1.29 is 18.9 Å². The predicted octanol–water partition coefficient (Wildman–Crippen LogP) is 1.91. The van der Waals surface area contributed by atoms with E-state index in [1.165, 1.54) is 21.9 Å². The third-order valence-corrected chi connectivity index (χ3v) is 4.32. The van der Waals surface area contributed by atoms with Gasteiger partial charge in [0.25, 0.3) is 0 Å². The largest absolute Gasteiger partial charge is 1.00 e. The number of rotatable bonds is 0. The number of pyridine rings is 1. The SMILES string of the molecule is Cc1ccc2nc3c4[c-]cccc4c4ccccc4n3c2c1.[Li+]. The number of para-hydroxylation sites is 1. The Morgan fingerprint density at radius 2 is 1.74 bits per heavy atom. The van der Waals surface area contributed by atoms with Gasteiger partial charge in [0.2, 0.25) is 0 Å². The zero-order valence-electron chi connectivity index (χ0n) is 13.2. The number of hydrogen-bond acceptors (Lipinski definition) is 1. The van der Waals surface area contributed by atoms with Crippen molar-refractivity contribution in [1.82, 2.24) is 9.38 Å². The summed E-state index contributed by atoms with van der Waals surface area (Å²) in [5.41, 5.74) is 5.61. The van der Waals surface area contributed by atoms with Crippen molar-refractivity contribution in [2.24, 2.45) is 0 Å². The Bertz CT molecular complexity index is 1190. The van der Waals surface area contributed by atoms with Crippen LogP contribution in [0.5, 0.6) is 0 Å². The number of nitrogens with zero attached hydrogens (tertiary/aromatic N) is 2. The molecule has 0 fully saturated rings. The van der Waals surface area contributed by atoms with Crippen molar-refractivity contribution in [1.29, 1.82) is 0 Å². The Morgan fingerprint density at radius 3 is 2.65 bits per heavy atom. The summed E-state index contributed by atoms with van der Waals surface area (Å²) >= 11 is 0. The molecule has 2 nitrogen and oxygen atoms in total. The van der Waals surface area contributed by atoms with Crippen LogP contribution in [0.25, 0.3) is 38.4 Å². The molecule has 3 heteroatoms. The molecule has 0 amide bonds. The molecule has 0 bridgehead atoms. The van der Waals surface area contributed by atoms with Crippen LogP contribution in [0.1, 0.15) is 5.56 Å². The van der Waals surface area contributed by atoms with Gasteiger partial charge in [-0.05, 0) is 36.1 Å². The Morgan fingerprint density at radius 1 is 0.913 bits per heavy atom. The molecule has 2 aromatic heterocycles. The quantitative estimate of drug-likeness (QED) is 0.242. The van der Waals surface area contributed by atoms with Gasteiger partial charge in [0.15, 0.2) is 0 Å². The van der Waals surface area contributed by atoms with E-state index in [4.69, 9.17) is 4.98 Å². The zero-order valence-corrected chi connectivity index (χ0v) is 13.2. The molecule has 0 unspecified atom stereocenters. The number of hydrogen-bond donors (Lipinski definition) is 0. The summed E-state index contributed by atoms with van der Waals surface area (Å²) in [6.07, 6.45) is 0. The maximum atomic E-state index is 4.87. The van der Waals surface area contributed by atoms with Gasteiger partial charge < -0.3 is 4.40 Å². The van der Waals surface area contributed by atoms with Crippen LogP contribution in [0, 0.1) is 13.0 Å². The summed E-state index contributed by atoms with van der Waals surface area (Å²) < 4.78 is 2.26. The van der Waals surface area contributed by atoms with Crippen LogP contribution in [0.3, 0.4) is 0 Å². The predicted molar refractivity (Wildman–Crippen MR) is 91.3 cm³/mol. The van der Waals surface area contributed by atoms with E-state index in [9.17, 15) is 0 Å². The number of aromatic nitrogens is 2. The van der Waals surface area contributed by atoms with Crippen LogP contribution in [-0.4, -0.2) is 9.38 Å². The van der Waals surface area contributed by atoms with E-state index >= 15 is 0 Å². The van der Waals surface area contributed by atoms with Crippen molar-refractivity contribution in [3.63, 3.8) is 0 Å². The van der Waals surface area contributed by atoms with Gasteiger partial charge in [0, 0.05) is 5.52 Å². The van der Waals surface area contributed by atoms with E-state index in [0.29, 0.717) is 0 Å². The average molecular weight is 288 g/mol. The van der Waals surface area contributed by atoms with Crippen LogP contribution in [0.2, 0.25) is 0 Å². The van der Waals surface area contributed by atoms with E-state index < -0.39 is 0 Å². The Labute approximate surface area is 145 Å². The molecule has 0 aliphatic heterocycles. The molecule has 3 aromatic carbocycles. The number of imidazole rings is 1. The number of benzene rings is 3. The molecule has 2 heterocycles. The van der Waals surface area contributed by atoms with Gasteiger partial charge in [0.1, 0.15) is 0 Å². The minimum absolute atomic E-state index is 0. The zero-order chi connectivity index (χ0) is 14.7. The van der Waals surface area contributed by atoms with E-state index in [1.54, 1.807) is 0 Å². The third-order valence-electron chi connectivity index (χ3n) is 4.32. The second-order valence-electron chi connectivity index (χ2n) is 5.74. The third kappa shape index (κ3) is 1.93. The smallest absolute Gasteiger partial charge is 0.333 e. The van der Waals surface area contributed by atoms with E-state index in [0.717, 1.165) is 22.1 Å². The molecular weight excluding hydrogens is 275 g/mol. The van der Waals surface area contributed by atoms with Crippen LogP contribution < -0.4 is 18.9 Å². The Balaban J connectivity index is 0.00000135. The first kappa shape index (κ1) is 14.3. The van der Waals surface area contributed by atoms with Gasteiger partial charge in [0.05, 0.1) is 16.7 Å². The number of aryl methyl sites for hydroxylation is 1. The molecule has 0 saturated heterocycles. The van der Waals surface area contributed by atoms with Gasteiger partial charge in [-0.15, -0.1) is 29.7 Å². The van der Waals surface area contributed by atoms with Gasteiger partial charge in [-0.25, -0.2) is 0 Å². The Hall–Kier alpha value is -2.27. The first-order valence-corrected chi connectivity index (χ1v) is 7.43. The van der Waals surface area contributed by atoms with E-state index in [1.807, 2.05) is 12.1 Å².